The first-order chi connectivity index (χ1) is 10.8. The van der Waals surface area contributed by atoms with Crippen molar-refractivity contribution in [2.75, 3.05) is 0 Å². The van der Waals surface area contributed by atoms with E-state index >= 15 is 0 Å². The number of carbonyl (C=O) groups is 1. The Morgan fingerprint density at radius 2 is 1.50 bits per heavy atom. The summed E-state index contributed by atoms with van der Waals surface area (Å²) in [6, 6.07) is 17.2. The molecule has 0 spiro atoms. The van der Waals surface area contributed by atoms with E-state index in [-0.39, 0.29) is 11.5 Å². The first-order valence-electron chi connectivity index (χ1n) is 7.81. The van der Waals surface area contributed by atoms with Crippen molar-refractivity contribution >= 4 is 11.5 Å². The van der Waals surface area contributed by atoms with Gasteiger partial charge in [-0.25, -0.2) is 0 Å². The maximum absolute atomic E-state index is 12.6. The molecule has 2 nitrogen and oxygen atoms in total. The second-order valence-corrected chi connectivity index (χ2v) is 5.73. The summed E-state index contributed by atoms with van der Waals surface area (Å²) in [7, 11) is 0. The minimum absolute atomic E-state index is 0.132. The number of hydrogen-bond donors (Lipinski definition) is 0. The maximum atomic E-state index is 12.6. The molecule has 111 valence electrons. The summed E-state index contributed by atoms with van der Waals surface area (Å²) in [5.41, 5.74) is 3.58. The number of rotatable bonds is 1. The summed E-state index contributed by atoms with van der Waals surface area (Å²) in [4.78, 5) is 12.3. The van der Waals surface area contributed by atoms with Crippen LogP contribution in [0, 0.1) is 0 Å². The number of allylic oxidation sites excluding steroid dienone is 1. The van der Waals surface area contributed by atoms with Crippen LogP contribution in [0.1, 0.15) is 47.2 Å². The second kappa shape index (κ2) is 6.61. The van der Waals surface area contributed by atoms with Gasteiger partial charge in [0.1, 0.15) is 0 Å². The lowest BCUT2D eigenvalue weighted by atomic mass is 9.97. The molecule has 1 radical (unpaired) electrons. The zero-order valence-electron chi connectivity index (χ0n) is 12.5. The molecular formula is C20H19O2. The van der Waals surface area contributed by atoms with Crippen LogP contribution in [0.4, 0.5) is 0 Å². The SMILES string of the molecule is [O]C(=C1CCCC(=O)c2ccccc2CC1)c1ccccc1. The van der Waals surface area contributed by atoms with E-state index in [2.05, 4.69) is 0 Å². The van der Waals surface area contributed by atoms with Gasteiger partial charge in [-0.2, -0.15) is 0 Å². The van der Waals surface area contributed by atoms with Crippen LogP contribution in [0.3, 0.4) is 0 Å². The van der Waals surface area contributed by atoms with E-state index in [1.54, 1.807) is 0 Å². The molecule has 1 aliphatic rings. The molecule has 0 aliphatic heterocycles. The Labute approximate surface area is 131 Å². The zero-order valence-corrected chi connectivity index (χ0v) is 12.5. The van der Waals surface area contributed by atoms with Crippen LogP contribution in [0.15, 0.2) is 60.2 Å². The van der Waals surface area contributed by atoms with Crippen LogP contribution in [-0.4, -0.2) is 5.78 Å². The zero-order chi connectivity index (χ0) is 15.4. The summed E-state index contributed by atoms with van der Waals surface area (Å²) in [5, 5.41) is 12.6. The van der Waals surface area contributed by atoms with Crippen molar-refractivity contribution in [2.45, 2.75) is 32.1 Å². The molecule has 22 heavy (non-hydrogen) atoms. The molecule has 2 heteroatoms. The molecule has 3 rings (SSSR count). The van der Waals surface area contributed by atoms with Crippen molar-refractivity contribution in [3.05, 3.63) is 76.9 Å². The molecule has 1 aliphatic carbocycles. The Morgan fingerprint density at radius 1 is 0.773 bits per heavy atom. The topological polar surface area (TPSA) is 37.0 Å². The summed E-state index contributed by atoms with van der Waals surface area (Å²) < 4.78 is 0. The lowest BCUT2D eigenvalue weighted by Gasteiger charge is -2.08. The monoisotopic (exact) mass is 291 g/mol. The third kappa shape index (κ3) is 3.11. The Morgan fingerprint density at radius 3 is 2.32 bits per heavy atom. The second-order valence-electron chi connectivity index (χ2n) is 5.73. The number of hydrogen-bond acceptors (Lipinski definition) is 1. The highest BCUT2D eigenvalue weighted by molar-refractivity contribution is 5.97. The Balaban J connectivity index is 1.92. The number of Topliss-reactive ketones (excluding diaryl/α,β-unsaturated/α-hetero) is 1. The first-order valence-corrected chi connectivity index (χ1v) is 7.81. The molecule has 0 saturated heterocycles. The molecule has 0 heterocycles. The van der Waals surface area contributed by atoms with Gasteiger partial charge in [-0.15, -0.1) is 0 Å². The van der Waals surface area contributed by atoms with E-state index < -0.39 is 0 Å². The van der Waals surface area contributed by atoms with Crippen molar-refractivity contribution in [3.63, 3.8) is 0 Å². The van der Waals surface area contributed by atoms with Gasteiger partial charge in [0.25, 0.3) is 0 Å². The van der Waals surface area contributed by atoms with Gasteiger partial charge in [-0.1, -0.05) is 54.6 Å². The average Bonchev–Trinajstić information content (AvgIpc) is 2.65. The van der Waals surface area contributed by atoms with Gasteiger partial charge in [0.2, 0.25) is 0 Å². The van der Waals surface area contributed by atoms with Crippen LogP contribution in [0.5, 0.6) is 0 Å². The number of aryl methyl sites for hydroxylation is 1. The third-order valence-corrected chi connectivity index (χ3v) is 4.25. The number of carbonyl (C=O) groups excluding carboxylic acids is 1. The predicted molar refractivity (Wildman–Crippen MR) is 87.0 cm³/mol. The minimum Gasteiger partial charge on any atom is -0.294 e. The van der Waals surface area contributed by atoms with Crippen LogP contribution in [0.25, 0.3) is 5.76 Å². The molecule has 0 N–H and O–H groups in total. The molecule has 0 amide bonds. The molecule has 0 unspecified atom stereocenters. The van der Waals surface area contributed by atoms with Crippen molar-refractivity contribution in [1.29, 1.82) is 0 Å². The normalized spacial score (nSPS) is 17.9. The van der Waals surface area contributed by atoms with Gasteiger partial charge >= 0.3 is 0 Å². The van der Waals surface area contributed by atoms with E-state index in [0.717, 1.165) is 41.5 Å². The van der Waals surface area contributed by atoms with Gasteiger partial charge in [0, 0.05) is 17.5 Å². The molecule has 0 saturated carbocycles. The predicted octanol–water partition coefficient (Wildman–Crippen LogP) is 4.83. The average molecular weight is 291 g/mol. The lowest BCUT2D eigenvalue weighted by molar-refractivity contribution is 0.0979. The Kier molecular flexibility index (Phi) is 4.38. The van der Waals surface area contributed by atoms with Gasteiger partial charge in [0.15, 0.2) is 11.5 Å². The number of fused-ring (bicyclic) bond motifs is 1. The van der Waals surface area contributed by atoms with Crippen LogP contribution in [0.2, 0.25) is 0 Å². The minimum atomic E-state index is 0.132. The quantitative estimate of drug-likeness (QED) is 0.693. The standard InChI is InChI=1S/C20H19O2/c21-19-12-6-10-17(20(22)16-8-2-1-3-9-16)14-13-15-7-4-5-11-18(15)19/h1-5,7-9,11H,6,10,12-14H2. The molecular weight excluding hydrogens is 272 g/mol. The third-order valence-electron chi connectivity index (χ3n) is 4.25. The van der Waals surface area contributed by atoms with E-state index in [0.29, 0.717) is 12.8 Å². The van der Waals surface area contributed by atoms with Gasteiger partial charge < -0.3 is 0 Å². The van der Waals surface area contributed by atoms with E-state index in [1.807, 2.05) is 54.6 Å². The maximum Gasteiger partial charge on any atom is 0.185 e. The van der Waals surface area contributed by atoms with Crippen molar-refractivity contribution in [1.82, 2.24) is 0 Å². The van der Waals surface area contributed by atoms with Crippen LogP contribution >= 0.6 is 0 Å². The fraction of sp³-hybridized carbons (Fsp3) is 0.250. The molecule has 0 bridgehead atoms. The molecule has 0 fully saturated rings. The van der Waals surface area contributed by atoms with Crippen molar-refractivity contribution in [2.24, 2.45) is 0 Å². The van der Waals surface area contributed by atoms with Crippen LogP contribution < -0.4 is 0 Å². The van der Waals surface area contributed by atoms with Gasteiger partial charge in [-0.05, 0) is 36.8 Å². The largest absolute Gasteiger partial charge is 0.294 e. The van der Waals surface area contributed by atoms with Crippen molar-refractivity contribution in [3.8, 4) is 0 Å². The molecule has 0 aromatic heterocycles. The summed E-state index contributed by atoms with van der Waals surface area (Å²) >= 11 is 0. The van der Waals surface area contributed by atoms with Crippen molar-refractivity contribution < 1.29 is 9.90 Å². The summed E-state index contributed by atoms with van der Waals surface area (Å²) in [6.45, 7) is 0. The smallest absolute Gasteiger partial charge is 0.185 e. The fourth-order valence-corrected chi connectivity index (χ4v) is 3.04. The van der Waals surface area contributed by atoms with E-state index in [4.69, 9.17) is 0 Å². The fourth-order valence-electron chi connectivity index (χ4n) is 3.04. The molecule has 2 aromatic carbocycles. The highest BCUT2D eigenvalue weighted by atomic mass is 16.3. The number of ketones is 1. The lowest BCUT2D eigenvalue weighted by Crippen LogP contribution is -2.02. The summed E-state index contributed by atoms with van der Waals surface area (Å²) in [6.07, 6.45) is 3.48. The van der Waals surface area contributed by atoms with E-state index in [9.17, 15) is 9.90 Å². The molecule has 0 atom stereocenters. The molecule has 2 aromatic rings. The van der Waals surface area contributed by atoms with Gasteiger partial charge in [-0.3, -0.25) is 9.90 Å². The number of benzene rings is 2. The van der Waals surface area contributed by atoms with Crippen LogP contribution in [-0.2, 0) is 11.5 Å². The Bertz CT molecular complexity index is 699. The first kappa shape index (κ1) is 14.6. The highest BCUT2D eigenvalue weighted by Crippen LogP contribution is 2.28. The highest BCUT2D eigenvalue weighted by Gasteiger charge is 2.17. The summed E-state index contributed by atoms with van der Waals surface area (Å²) in [5.74, 6) is 0.330. The Hall–Kier alpha value is -2.35. The van der Waals surface area contributed by atoms with Gasteiger partial charge in [0.05, 0.1) is 0 Å². The van der Waals surface area contributed by atoms with E-state index in [1.165, 1.54) is 0 Å².